The molecule has 2 aromatic rings. The Morgan fingerprint density at radius 1 is 1.18 bits per heavy atom. The number of fused-ring (bicyclic) bond motifs is 7. The third-order valence-electron chi connectivity index (χ3n) is 11.7. The molecule has 0 spiro atoms. The van der Waals surface area contributed by atoms with Crippen LogP contribution in [0.25, 0.3) is 0 Å². The van der Waals surface area contributed by atoms with Crippen LogP contribution in [0.2, 0.25) is 0 Å². The number of hydrogen-bond donors (Lipinski definition) is 3. The Morgan fingerprint density at radius 2 is 2.00 bits per heavy atom. The van der Waals surface area contributed by atoms with Gasteiger partial charge in [-0.15, -0.1) is 0 Å². The van der Waals surface area contributed by atoms with E-state index in [2.05, 4.69) is 6.92 Å². The van der Waals surface area contributed by atoms with E-state index in [1.54, 1.807) is 12.2 Å². The molecule has 3 saturated carbocycles. The summed E-state index contributed by atoms with van der Waals surface area (Å²) in [5, 5.41) is 22.2. The number of hydrogen-bond acceptors (Lipinski definition) is 8. The van der Waals surface area contributed by atoms with Crippen LogP contribution in [0.1, 0.15) is 62.5 Å². The molecule has 8 heteroatoms. The molecule has 1 heterocycles. The van der Waals surface area contributed by atoms with Crippen molar-refractivity contribution in [1.82, 2.24) is 0 Å². The van der Waals surface area contributed by atoms with Gasteiger partial charge in [-0.3, -0.25) is 9.59 Å². The summed E-state index contributed by atoms with van der Waals surface area (Å²) in [6.45, 7) is 5.81. The number of nitrogens with two attached hydrogens (primary N) is 1. The number of ether oxygens (including phenoxy) is 3. The quantitative estimate of drug-likeness (QED) is 0.406. The number of carbonyl (C=O) groups is 2. The molecular formula is C36H41NO7. The first-order chi connectivity index (χ1) is 21.0. The van der Waals surface area contributed by atoms with Crippen LogP contribution in [-0.2, 0) is 25.7 Å². The van der Waals surface area contributed by atoms with Gasteiger partial charge in [0.15, 0.2) is 23.5 Å². The molecule has 0 radical (unpaired) electrons. The monoisotopic (exact) mass is 599 g/mol. The van der Waals surface area contributed by atoms with Gasteiger partial charge in [-0.25, -0.2) is 0 Å². The van der Waals surface area contributed by atoms with E-state index in [1.807, 2.05) is 62.4 Å². The van der Waals surface area contributed by atoms with Crippen molar-refractivity contribution in [3.63, 3.8) is 0 Å². The molecule has 4 aliphatic carbocycles. The first-order valence-electron chi connectivity index (χ1n) is 15.7. The first-order valence-corrected chi connectivity index (χ1v) is 15.7. The molecule has 0 unspecified atom stereocenters. The van der Waals surface area contributed by atoms with Gasteiger partial charge in [0.25, 0.3) is 0 Å². The molecule has 4 N–H and O–H groups in total. The molecule has 1 saturated heterocycles. The third-order valence-corrected chi connectivity index (χ3v) is 11.7. The van der Waals surface area contributed by atoms with Crippen molar-refractivity contribution in [1.29, 1.82) is 0 Å². The summed E-state index contributed by atoms with van der Waals surface area (Å²) < 4.78 is 19.5. The van der Waals surface area contributed by atoms with Gasteiger partial charge in [0.05, 0.1) is 12.2 Å². The lowest BCUT2D eigenvalue weighted by molar-refractivity contribution is -0.201. The maximum atomic E-state index is 13.9. The van der Waals surface area contributed by atoms with Gasteiger partial charge < -0.3 is 30.2 Å². The molecule has 4 fully saturated rings. The lowest BCUT2D eigenvalue weighted by atomic mass is 9.46. The lowest BCUT2D eigenvalue weighted by Crippen LogP contribution is -2.63. The molecule has 44 heavy (non-hydrogen) atoms. The van der Waals surface area contributed by atoms with Crippen molar-refractivity contribution in [3.05, 3.63) is 83.0 Å². The van der Waals surface area contributed by atoms with Crippen molar-refractivity contribution in [2.24, 2.45) is 28.6 Å². The van der Waals surface area contributed by atoms with Crippen LogP contribution in [0, 0.1) is 35.5 Å². The highest BCUT2D eigenvalue weighted by Gasteiger charge is 2.76. The smallest absolute Gasteiger partial charge is 0.193 e. The van der Waals surface area contributed by atoms with Crippen molar-refractivity contribution in [2.45, 2.75) is 77.2 Å². The minimum absolute atomic E-state index is 0.00340. The number of rotatable bonds is 6. The van der Waals surface area contributed by atoms with Crippen molar-refractivity contribution >= 4 is 17.3 Å². The molecule has 1 aliphatic heterocycles. The highest BCUT2D eigenvalue weighted by atomic mass is 16.7. The van der Waals surface area contributed by atoms with Crippen LogP contribution in [0.15, 0.2) is 66.3 Å². The zero-order valence-corrected chi connectivity index (χ0v) is 25.5. The fourth-order valence-corrected chi connectivity index (χ4v) is 9.64. The number of aliphatic hydroxyl groups excluding tert-OH is 2. The van der Waals surface area contributed by atoms with Crippen LogP contribution < -0.4 is 10.5 Å². The summed E-state index contributed by atoms with van der Waals surface area (Å²) in [5.41, 5.74) is 7.74. The largest absolute Gasteiger partial charge is 0.489 e. The third kappa shape index (κ3) is 4.18. The van der Waals surface area contributed by atoms with Crippen LogP contribution in [-0.4, -0.2) is 46.2 Å². The molecule has 9 atom stereocenters. The molecule has 5 aliphatic rings. The fraction of sp³-hybridized carbons (Fsp3) is 0.500. The van der Waals surface area contributed by atoms with Gasteiger partial charge in [-0.05, 0) is 92.0 Å². The van der Waals surface area contributed by atoms with E-state index in [-0.39, 0.29) is 23.5 Å². The zero-order chi connectivity index (χ0) is 31.0. The van der Waals surface area contributed by atoms with Crippen LogP contribution in [0.4, 0.5) is 5.69 Å². The summed E-state index contributed by atoms with van der Waals surface area (Å²) in [5.74, 6) is 0.286. The SMILES string of the molecule is Cc1ccc(OCc2cccc(N)c2)cc1[C@H]1O[C@@H]2C[C@H]3[C@@H]4CCC5=CC(=O)C=C[C@]5(C)[C@H]4[C@@H](O)C[C@]3(C)[C@]2(C(=O)CO)O1. The topological polar surface area (TPSA) is 128 Å². The number of ketones is 2. The Kier molecular flexibility index (Phi) is 6.94. The summed E-state index contributed by atoms with van der Waals surface area (Å²) in [6.07, 6.45) is 5.73. The Labute approximate surface area is 257 Å². The fourth-order valence-electron chi connectivity index (χ4n) is 9.64. The van der Waals surface area contributed by atoms with Gasteiger partial charge in [-0.1, -0.05) is 43.7 Å². The molecule has 0 bridgehead atoms. The van der Waals surface area contributed by atoms with E-state index in [1.165, 1.54) is 0 Å². The van der Waals surface area contributed by atoms with Gasteiger partial charge in [0.1, 0.15) is 19.0 Å². The molecular weight excluding hydrogens is 558 g/mol. The van der Waals surface area contributed by atoms with E-state index in [0.717, 1.165) is 35.1 Å². The second kappa shape index (κ2) is 10.4. The Balaban J connectivity index is 1.19. The molecule has 0 amide bonds. The van der Waals surface area contributed by atoms with Gasteiger partial charge in [-0.2, -0.15) is 0 Å². The molecule has 8 nitrogen and oxygen atoms in total. The molecule has 7 rings (SSSR count). The predicted molar refractivity (Wildman–Crippen MR) is 163 cm³/mol. The van der Waals surface area contributed by atoms with Crippen LogP contribution in [0.3, 0.4) is 0 Å². The van der Waals surface area contributed by atoms with Crippen LogP contribution >= 0.6 is 0 Å². The number of nitrogen functional groups attached to an aromatic ring is 1. The number of Topliss-reactive ketones (excluding diaryl/α,β-unsaturated/α-hetero) is 1. The highest BCUT2D eigenvalue weighted by Crippen LogP contribution is 2.70. The minimum Gasteiger partial charge on any atom is -0.489 e. The van der Waals surface area contributed by atoms with Gasteiger partial charge in [0.2, 0.25) is 0 Å². The van der Waals surface area contributed by atoms with E-state index in [0.29, 0.717) is 30.9 Å². The minimum atomic E-state index is -1.40. The standard InChI is InChI=1S/C36H41NO7/c1-20-7-9-25(42-19-21-5-4-6-23(37)13-21)15-27(20)33-43-31-16-28-26-10-8-22-14-24(39)11-12-34(22,2)32(26)29(40)17-35(28,3)36(31,44-33)30(41)18-38/h4-7,9,11-15,26,28-29,31-33,38,40H,8,10,16-19,37H2,1-3H3/t26-,28-,29-,31+,32+,33-,34-,35-,36+/m0/s1. The summed E-state index contributed by atoms with van der Waals surface area (Å²) in [4.78, 5) is 26.0. The summed E-state index contributed by atoms with van der Waals surface area (Å²) >= 11 is 0. The second-order valence-corrected chi connectivity index (χ2v) is 13.9. The predicted octanol–water partition coefficient (Wildman–Crippen LogP) is 4.76. The average Bonchev–Trinajstić information content (AvgIpc) is 3.49. The molecule has 0 aromatic heterocycles. The normalized spacial score (nSPS) is 38.8. The van der Waals surface area contributed by atoms with Gasteiger partial charge in [0, 0.05) is 28.0 Å². The Bertz CT molecular complexity index is 1580. The number of carbonyl (C=O) groups excluding carboxylic acids is 2. The highest BCUT2D eigenvalue weighted by molar-refractivity contribution is 6.01. The number of aliphatic hydroxyl groups is 2. The van der Waals surface area contributed by atoms with E-state index in [9.17, 15) is 19.8 Å². The maximum Gasteiger partial charge on any atom is 0.193 e. The average molecular weight is 600 g/mol. The summed E-state index contributed by atoms with van der Waals surface area (Å²) in [6, 6.07) is 13.3. The number of aryl methyl sites for hydroxylation is 1. The maximum absolute atomic E-state index is 13.9. The zero-order valence-electron chi connectivity index (χ0n) is 25.5. The Hall–Kier alpha value is -3.30. The Morgan fingerprint density at radius 3 is 2.77 bits per heavy atom. The van der Waals surface area contributed by atoms with Crippen molar-refractivity contribution < 1.29 is 34.0 Å². The van der Waals surface area contributed by atoms with E-state index >= 15 is 0 Å². The number of benzene rings is 2. The summed E-state index contributed by atoms with van der Waals surface area (Å²) in [7, 11) is 0. The first kappa shape index (κ1) is 29.4. The molecule has 232 valence electrons. The molecule has 2 aromatic carbocycles. The van der Waals surface area contributed by atoms with E-state index in [4.69, 9.17) is 19.9 Å². The second-order valence-electron chi connectivity index (χ2n) is 13.9. The van der Waals surface area contributed by atoms with Crippen LogP contribution in [0.5, 0.6) is 5.75 Å². The lowest BCUT2D eigenvalue weighted by Gasteiger charge is -2.59. The van der Waals surface area contributed by atoms with Crippen molar-refractivity contribution in [3.8, 4) is 5.75 Å². The van der Waals surface area contributed by atoms with Gasteiger partial charge >= 0.3 is 0 Å². The van der Waals surface area contributed by atoms with Crippen molar-refractivity contribution in [2.75, 3.05) is 12.3 Å². The number of allylic oxidation sites excluding steroid dienone is 4. The number of anilines is 1. The van der Waals surface area contributed by atoms with E-state index < -0.39 is 47.3 Å².